The summed E-state index contributed by atoms with van der Waals surface area (Å²) in [5.74, 6) is 1.94. The Morgan fingerprint density at radius 2 is 2.11 bits per heavy atom. The summed E-state index contributed by atoms with van der Waals surface area (Å²) in [5.41, 5.74) is 1.61. The first-order chi connectivity index (χ1) is 13.2. The highest BCUT2D eigenvalue weighted by atomic mass is 19.1. The Morgan fingerprint density at radius 1 is 1.30 bits per heavy atom. The maximum Gasteiger partial charge on any atom is 0.251 e. The third-order valence-electron chi connectivity index (χ3n) is 5.53. The third kappa shape index (κ3) is 3.49. The quantitative estimate of drug-likeness (QED) is 0.850. The van der Waals surface area contributed by atoms with Crippen molar-refractivity contribution < 1.29 is 18.7 Å². The first kappa shape index (κ1) is 17.8. The maximum absolute atomic E-state index is 13.0. The van der Waals surface area contributed by atoms with Crippen molar-refractivity contribution in [3.8, 4) is 11.5 Å². The van der Waals surface area contributed by atoms with Gasteiger partial charge in [0.25, 0.3) is 5.91 Å². The summed E-state index contributed by atoms with van der Waals surface area (Å²) >= 11 is 0. The smallest absolute Gasteiger partial charge is 0.251 e. The zero-order valence-electron chi connectivity index (χ0n) is 15.2. The molecule has 6 heteroatoms. The lowest BCUT2D eigenvalue weighted by Crippen LogP contribution is -2.36. The largest absolute Gasteiger partial charge is 0.496 e. The van der Waals surface area contributed by atoms with E-state index in [2.05, 4.69) is 10.6 Å². The van der Waals surface area contributed by atoms with Gasteiger partial charge in [-0.15, -0.1) is 0 Å². The lowest BCUT2D eigenvalue weighted by molar-refractivity contribution is 0.0950. The number of carbonyl (C=O) groups excluding carboxylic acids is 1. The van der Waals surface area contributed by atoms with Crippen LogP contribution in [0, 0.1) is 11.7 Å². The van der Waals surface area contributed by atoms with E-state index in [0.29, 0.717) is 30.6 Å². The van der Waals surface area contributed by atoms with Crippen LogP contribution in [0.15, 0.2) is 42.5 Å². The maximum atomic E-state index is 13.0. The number of benzene rings is 2. The Morgan fingerprint density at radius 3 is 2.89 bits per heavy atom. The van der Waals surface area contributed by atoms with Crippen LogP contribution in [0.1, 0.15) is 28.3 Å². The van der Waals surface area contributed by atoms with Crippen molar-refractivity contribution in [2.75, 3.05) is 26.8 Å². The SMILES string of the molecule is COc1cccc2c1C1CNC(CCNC(=O)c3ccc(F)cc3)C1CO2. The van der Waals surface area contributed by atoms with Crippen LogP contribution >= 0.6 is 0 Å². The molecule has 0 bridgehead atoms. The topological polar surface area (TPSA) is 59.6 Å². The molecule has 2 aliphatic rings. The number of amides is 1. The van der Waals surface area contributed by atoms with Crippen LogP contribution in [0.3, 0.4) is 0 Å². The first-order valence-electron chi connectivity index (χ1n) is 9.24. The van der Waals surface area contributed by atoms with Gasteiger partial charge >= 0.3 is 0 Å². The second-order valence-corrected chi connectivity index (χ2v) is 7.02. The molecule has 142 valence electrons. The summed E-state index contributed by atoms with van der Waals surface area (Å²) < 4.78 is 24.5. The second-order valence-electron chi connectivity index (χ2n) is 7.02. The number of methoxy groups -OCH3 is 1. The van der Waals surface area contributed by atoms with Gasteiger partial charge < -0.3 is 20.1 Å². The molecule has 1 fully saturated rings. The second kappa shape index (κ2) is 7.56. The van der Waals surface area contributed by atoms with E-state index in [4.69, 9.17) is 9.47 Å². The standard InChI is InChI=1S/C21H23FN2O3/c1-26-18-3-2-4-19-20(18)15-11-24-17(16(15)12-27-19)9-10-23-21(25)13-5-7-14(22)8-6-13/h2-8,15-17,24H,9-12H2,1H3,(H,23,25). The normalized spacial score (nSPS) is 23.1. The molecule has 3 atom stereocenters. The average molecular weight is 370 g/mol. The molecule has 2 aromatic carbocycles. The minimum atomic E-state index is -0.347. The molecule has 2 heterocycles. The van der Waals surface area contributed by atoms with Gasteiger partial charge in [-0.1, -0.05) is 6.07 Å². The van der Waals surface area contributed by atoms with Crippen LogP contribution in [-0.2, 0) is 0 Å². The molecule has 0 spiro atoms. The van der Waals surface area contributed by atoms with Crippen molar-refractivity contribution in [3.05, 3.63) is 59.4 Å². The van der Waals surface area contributed by atoms with Crippen molar-refractivity contribution in [1.82, 2.24) is 10.6 Å². The van der Waals surface area contributed by atoms with Crippen molar-refractivity contribution in [2.45, 2.75) is 18.4 Å². The number of rotatable bonds is 5. The molecular formula is C21H23FN2O3. The Labute approximate surface area is 157 Å². The molecule has 2 aliphatic heterocycles. The van der Waals surface area contributed by atoms with Gasteiger partial charge in [0.15, 0.2) is 0 Å². The predicted octanol–water partition coefficient (Wildman–Crippen LogP) is 2.72. The fourth-order valence-corrected chi connectivity index (χ4v) is 4.15. The van der Waals surface area contributed by atoms with Crippen LogP contribution in [0.5, 0.6) is 11.5 Å². The number of fused-ring (bicyclic) bond motifs is 3. The molecule has 0 aliphatic carbocycles. The van der Waals surface area contributed by atoms with E-state index in [0.717, 1.165) is 30.0 Å². The fourth-order valence-electron chi connectivity index (χ4n) is 4.15. The van der Waals surface area contributed by atoms with Gasteiger partial charge in [-0.2, -0.15) is 0 Å². The summed E-state index contributed by atoms with van der Waals surface area (Å²) in [6.45, 7) is 2.09. The van der Waals surface area contributed by atoms with Gasteiger partial charge in [0.05, 0.1) is 13.7 Å². The van der Waals surface area contributed by atoms with Crippen molar-refractivity contribution in [1.29, 1.82) is 0 Å². The molecule has 5 nitrogen and oxygen atoms in total. The van der Waals surface area contributed by atoms with Crippen LogP contribution in [0.2, 0.25) is 0 Å². The molecule has 2 N–H and O–H groups in total. The van der Waals surface area contributed by atoms with Crippen LogP contribution < -0.4 is 20.1 Å². The Bertz CT molecular complexity index is 810. The molecule has 1 saturated heterocycles. The molecule has 0 aromatic heterocycles. The number of hydrogen-bond donors (Lipinski definition) is 2. The average Bonchev–Trinajstić information content (AvgIpc) is 3.11. The molecule has 1 amide bonds. The molecule has 4 rings (SSSR count). The first-order valence-corrected chi connectivity index (χ1v) is 9.24. The monoisotopic (exact) mass is 370 g/mol. The minimum absolute atomic E-state index is 0.184. The third-order valence-corrected chi connectivity index (χ3v) is 5.53. The van der Waals surface area contributed by atoms with E-state index in [1.54, 1.807) is 7.11 Å². The van der Waals surface area contributed by atoms with E-state index in [-0.39, 0.29) is 17.8 Å². The van der Waals surface area contributed by atoms with E-state index in [1.165, 1.54) is 24.3 Å². The molecule has 0 saturated carbocycles. The number of ether oxygens (including phenoxy) is 2. The summed E-state index contributed by atoms with van der Waals surface area (Å²) in [6.07, 6.45) is 0.807. The molecule has 2 aromatic rings. The Hall–Kier alpha value is -2.60. The van der Waals surface area contributed by atoms with Crippen molar-refractivity contribution in [2.24, 2.45) is 5.92 Å². The summed E-state index contributed by atoms with van der Waals surface area (Å²) in [5, 5.41) is 6.49. The van der Waals surface area contributed by atoms with Crippen LogP contribution in [0.4, 0.5) is 4.39 Å². The highest BCUT2D eigenvalue weighted by molar-refractivity contribution is 5.94. The van der Waals surface area contributed by atoms with E-state index < -0.39 is 0 Å². The van der Waals surface area contributed by atoms with E-state index >= 15 is 0 Å². The van der Waals surface area contributed by atoms with Gasteiger partial charge in [0.2, 0.25) is 0 Å². The fraction of sp³-hybridized carbons (Fsp3) is 0.381. The van der Waals surface area contributed by atoms with Crippen LogP contribution in [-0.4, -0.2) is 38.8 Å². The number of hydrogen-bond acceptors (Lipinski definition) is 4. The Kier molecular flexibility index (Phi) is 4.99. The van der Waals surface area contributed by atoms with E-state index in [1.807, 2.05) is 18.2 Å². The van der Waals surface area contributed by atoms with Gasteiger partial charge in [0, 0.05) is 42.1 Å². The highest BCUT2D eigenvalue weighted by Gasteiger charge is 2.42. The number of carbonyl (C=O) groups is 1. The molecule has 3 unspecified atom stereocenters. The predicted molar refractivity (Wildman–Crippen MR) is 99.9 cm³/mol. The minimum Gasteiger partial charge on any atom is -0.496 e. The molecule has 27 heavy (non-hydrogen) atoms. The van der Waals surface area contributed by atoms with E-state index in [9.17, 15) is 9.18 Å². The zero-order valence-corrected chi connectivity index (χ0v) is 15.2. The Balaban J connectivity index is 1.37. The number of halogens is 1. The summed E-state index contributed by atoms with van der Waals surface area (Å²) in [7, 11) is 1.68. The lowest BCUT2D eigenvalue weighted by Gasteiger charge is -2.31. The lowest BCUT2D eigenvalue weighted by atomic mass is 9.82. The van der Waals surface area contributed by atoms with Gasteiger partial charge in [-0.05, 0) is 42.8 Å². The highest BCUT2D eigenvalue weighted by Crippen LogP contribution is 2.46. The van der Waals surface area contributed by atoms with Gasteiger partial charge in [-0.25, -0.2) is 4.39 Å². The van der Waals surface area contributed by atoms with Gasteiger partial charge in [-0.3, -0.25) is 4.79 Å². The molecule has 0 radical (unpaired) electrons. The zero-order chi connectivity index (χ0) is 18.8. The summed E-state index contributed by atoms with van der Waals surface area (Å²) in [6, 6.07) is 11.7. The van der Waals surface area contributed by atoms with Crippen molar-refractivity contribution in [3.63, 3.8) is 0 Å². The summed E-state index contributed by atoms with van der Waals surface area (Å²) in [4.78, 5) is 12.2. The van der Waals surface area contributed by atoms with Gasteiger partial charge in [0.1, 0.15) is 17.3 Å². The van der Waals surface area contributed by atoms with Crippen molar-refractivity contribution >= 4 is 5.91 Å². The molecular weight excluding hydrogens is 347 g/mol. The van der Waals surface area contributed by atoms with Crippen LogP contribution in [0.25, 0.3) is 0 Å². The number of nitrogens with one attached hydrogen (secondary N) is 2.